The summed E-state index contributed by atoms with van der Waals surface area (Å²) in [5.74, 6) is -1.72. The SMILES string of the molecule is Cc1nc(-c2ccc(C#N)cc2)sc1C(=O)N1CCOC(Cn2cncn2)(c2ccc(F)cc2F)C1C. The van der Waals surface area contributed by atoms with Crippen molar-refractivity contribution in [1.29, 1.82) is 5.26 Å². The number of morpholine rings is 1. The maximum Gasteiger partial charge on any atom is 0.266 e. The van der Waals surface area contributed by atoms with Crippen molar-refractivity contribution in [3.05, 3.63) is 88.5 Å². The second-order valence-electron chi connectivity index (χ2n) is 8.75. The van der Waals surface area contributed by atoms with Gasteiger partial charge in [-0.3, -0.25) is 4.79 Å². The van der Waals surface area contributed by atoms with Crippen molar-refractivity contribution in [2.45, 2.75) is 32.0 Å². The molecule has 0 spiro atoms. The highest BCUT2D eigenvalue weighted by Gasteiger charge is 2.49. The molecule has 2 unspecified atom stereocenters. The first-order valence-corrected chi connectivity index (χ1v) is 12.3. The van der Waals surface area contributed by atoms with E-state index in [1.54, 1.807) is 43.0 Å². The van der Waals surface area contributed by atoms with Crippen LogP contribution in [0.2, 0.25) is 0 Å². The molecule has 2 aromatic carbocycles. The van der Waals surface area contributed by atoms with E-state index in [1.165, 1.54) is 40.8 Å². The van der Waals surface area contributed by atoms with E-state index in [0.29, 0.717) is 21.1 Å². The molecular weight excluding hydrogens is 498 g/mol. The van der Waals surface area contributed by atoms with Crippen LogP contribution >= 0.6 is 11.3 Å². The van der Waals surface area contributed by atoms with Crippen LogP contribution in [0.1, 0.15) is 33.4 Å². The van der Waals surface area contributed by atoms with E-state index in [4.69, 9.17) is 10.00 Å². The number of amides is 1. The highest BCUT2D eigenvalue weighted by atomic mass is 32.1. The molecule has 1 aliphatic heterocycles. The van der Waals surface area contributed by atoms with Gasteiger partial charge in [-0.2, -0.15) is 10.4 Å². The summed E-state index contributed by atoms with van der Waals surface area (Å²) in [7, 11) is 0. The molecule has 4 aromatic rings. The molecule has 0 radical (unpaired) electrons. The Labute approximate surface area is 215 Å². The van der Waals surface area contributed by atoms with Gasteiger partial charge in [-0.15, -0.1) is 11.3 Å². The number of ether oxygens (including phenoxy) is 1. The van der Waals surface area contributed by atoms with Crippen LogP contribution in [-0.4, -0.2) is 49.7 Å². The highest BCUT2D eigenvalue weighted by Crippen LogP contribution is 2.40. The minimum atomic E-state index is -1.34. The Morgan fingerprint density at radius 3 is 2.73 bits per heavy atom. The van der Waals surface area contributed by atoms with Gasteiger partial charge in [0.15, 0.2) is 0 Å². The molecule has 1 saturated heterocycles. The lowest BCUT2D eigenvalue weighted by Gasteiger charge is -2.48. The summed E-state index contributed by atoms with van der Waals surface area (Å²) in [5.41, 5.74) is 0.701. The van der Waals surface area contributed by atoms with Crippen LogP contribution in [0.5, 0.6) is 0 Å². The van der Waals surface area contributed by atoms with Crippen LogP contribution in [0.25, 0.3) is 10.6 Å². The Morgan fingerprint density at radius 1 is 1.27 bits per heavy atom. The van der Waals surface area contributed by atoms with Crippen molar-refractivity contribution in [2.75, 3.05) is 13.2 Å². The number of hydrogen-bond acceptors (Lipinski definition) is 7. The molecule has 8 nitrogen and oxygen atoms in total. The fourth-order valence-corrected chi connectivity index (χ4v) is 5.69. The summed E-state index contributed by atoms with van der Waals surface area (Å²) in [6, 6.07) is 11.8. The van der Waals surface area contributed by atoms with Crippen LogP contribution in [0.4, 0.5) is 8.78 Å². The number of carbonyl (C=O) groups is 1. The van der Waals surface area contributed by atoms with E-state index < -0.39 is 23.3 Å². The molecule has 2 aromatic heterocycles. The van der Waals surface area contributed by atoms with Crippen LogP contribution in [-0.2, 0) is 16.9 Å². The predicted octanol–water partition coefficient (Wildman–Crippen LogP) is 4.32. The van der Waals surface area contributed by atoms with Crippen molar-refractivity contribution in [3.63, 3.8) is 0 Å². The first-order valence-electron chi connectivity index (χ1n) is 11.5. The van der Waals surface area contributed by atoms with Gasteiger partial charge >= 0.3 is 0 Å². The molecule has 1 aliphatic rings. The maximum absolute atomic E-state index is 15.1. The number of hydrogen-bond donors (Lipinski definition) is 0. The molecule has 37 heavy (non-hydrogen) atoms. The first-order chi connectivity index (χ1) is 17.8. The number of halogens is 2. The second kappa shape index (κ2) is 9.80. The molecule has 0 bridgehead atoms. The predicted molar refractivity (Wildman–Crippen MR) is 132 cm³/mol. The smallest absolute Gasteiger partial charge is 0.266 e. The zero-order chi connectivity index (χ0) is 26.2. The van der Waals surface area contributed by atoms with Crippen molar-refractivity contribution in [3.8, 4) is 16.6 Å². The summed E-state index contributed by atoms with van der Waals surface area (Å²) in [5, 5.41) is 13.9. The van der Waals surface area contributed by atoms with E-state index in [9.17, 15) is 9.18 Å². The standard InChI is InChI=1S/C26H22F2N6O2S/c1-16-23(37-24(32-16)19-5-3-18(12-29)4-6-19)25(35)34-9-10-36-26(17(34)2,13-33-15-30-14-31-33)21-8-7-20(27)11-22(21)28/h3-8,11,14-15,17H,9-10,13H2,1-2H3. The quantitative estimate of drug-likeness (QED) is 0.389. The number of carbonyl (C=O) groups excluding carboxylic acids is 1. The Hall–Kier alpha value is -4.01. The Morgan fingerprint density at radius 2 is 2.05 bits per heavy atom. The van der Waals surface area contributed by atoms with Crippen molar-refractivity contribution >= 4 is 17.2 Å². The molecule has 0 N–H and O–H groups in total. The minimum Gasteiger partial charge on any atom is -0.364 e. The van der Waals surface area contributed by atoms with Crippen LogP contribution in [0.3, 0.4) is 0 Å². The van der Waals surface area contributed by atoms with Gasteiger partial charge in [-0.25, -0.2) is 23.4 Å². The third kappa shape index (κ3) is 4.50. The molecule has 188 valence electrons. The molecule has 0 aliphatic carbocycles. The molecule has 5 rings (SSSR count). The zero-order valence-corrected chi connectivity index (χ0v) is 20.9. The van der Waals surface area contributed by atoms with Crippen LogP contribution in [0, 0.1) is 29.9 Å². The molecule has 2 atom stereocenters. The van der Waals surface area contributed by atoms with Crippen LogP contribution < -0.4 is 0 Å². The average molecular weight is 521 g/mol. The lowest BCUT2D eigenvalue weighted by atomic mass is 9.84. The van der Waals surface area contributed by atoms with Gasteiger partial charge < -0.3 is 9.64 Å². The lowest BCUT2D eigenvalue weighted by Crippen LogP contribution is -2.60. The Balaban J connectivity index is 1.51. The third-order valence-electron chi connectivity index (χ3n) is 6.60. The fraction of sp³-hybridized carbons (Fsp3) is 0.269. The number of thiazole rings is 1. The summed E-state index contributed by atoms with van der Waals surface area (Å²) < 4.78 is 36.6. The van der Waals surface area contributed by atoms with Crippen LogP contribution in [0.15, 0.2) is 55.1 Å². The van der Waals surface area contributed by atoms with Gasteiger partial charge in [0.05, 0.1) is 36.5 Å². The zero-order valence-electron chi connectivity index (χ0n) is 20.1. The number of nitriles is 1. The van der Waals surface area contributed by atoms with Gasteiger partial charge in [-0.1, -0.05) is 18.2 Å². The number of nitrogens with zero attached hydrogens (tertiary/aromatic N) is 6. The van der Waals surface area contributed by atoms with Gasteiger partial charge in [0.25, 0.3) is 5.91 Å². The van der Waals surface area contributed by atoms with Gasteiger partial charge in [0.2, 0.25) is 0 Å². The van der Waals surface area contributed by atoms with E-state index in [2.05, 4.69) is 21.1 Å². The number of rotatable bonds is 5. The molecule has 3 heterocycles. The molecule has 1 fully saturated rings. The maximum atomic E-state index is 15.1. The molecular formula is C26H22F2N6O2S. The second-order valence-corrected chi connectivity index (χ2v) is 9.75. The summed E-state index contributed by atoms with van der Waals surface area (Å²) in [6.07, 6.45) is 2.84. The number of benzene rings is 2. The number of aromatic nitrogens is 4. The Bertz CT molecular complexity index is 1480. The summed E-state index contributed by atoms with van der Waals surface area (Å²) >= 11 is 1.26. The van der Waals surface area contributed by atoms with Gasteiger partial charge in [-0.05, 0) is 32.0 Å². The minimum absolute atomic E-state index is 0.0681. The van der Waals surface area contributed by atoms with Gasteiger partial charge in [0, 0.05) is 23.7 Å². The fourth-order valence-electron chi connectivity index (χ4n) is 4.66. The third-order valence-corrected chi connectivity index (χ3v) is 7.79. The van der Waals surface area contributed by atoms with Crippen molar-refractivity contribution in [2.24, 2.45) is 0 Å². The number of aryl methyl sites for hydroxylation is 1. The van der Waals surface area contributed by atoms with E-state index in [0.717, 1.165) is 11.6 Å². The molecule has 0 saturated carbocycles. The normalized spacial score (nSPS) is 19.5. The molecule has 1 amide bonds. The average Bonchev–Trinajstić information content (AvgIpc) is 3.54. The lowest BCUT2D eigenvalue weighted by molar-refractivity contribution is -0.149. The molecule has 11 heteroatoms. The van der Waals surface area contributed by atoms with Gasteiger partial charge in [0.1, 0.15) is 39.8 Å². The summed E-state index contributed by atoms with van der Waals surface area (Å²) in [4.78, 5) is 24.5. The van der Waals surface area contributed by atoms with E-state index in [1.807, 2.05) is 0 Å². The van der Waals surface area contributed by atoms with Crippen molar-refractivity contribution < 1.29 is 18.3 Å². The summed E-state index contributed by atoms with van der Waals surface area (Å²) in [6.45, 7) is 4.05. The first kappa shape index (κ1) is 24.7. The Kier molecular flexibility index (Phi) is 6.54. The topological polar surface area (TPSA) is 96.9 Å². The monoisotopic (exact) mass is 520 g/mol. The van der Waals surface area contributed by atoms with E-state index >= 15 is 4.39 Å². The van der Waals surface area contributed by atoms with E-state index in [-0.39, 0.29) is 31.2 Å². The van der Waals surface area contributed by atoms with Crippen molar-refractivity contribution in [1.82, 2.24) is 24.6 Å². The highest BCUT2D eigenvalue weighted by molar-refractivity contribution is 7.17. The largest absolute Gasteiger partial charge is 0.364 e.